The van der Waals surface area contributed by atoms with E-state index in [4.69, 9.17) is 11.6 Å². The lowest BCUT2D eigenvalue weighted by Gasteiger charge is -2.25. The predicted octanol–water partition coefficient (Wildman–Crippen LogP) is 3.97. The van der Waals surface area contributed by atoms with Gasteiger partial charge in [0.25, 0.3) is 11.6 Å². The van der Waals surface area contributed by atoms with Crippen molar-refractivity contribution in [2.45, 2.75) is 19.9 Å². The monoisotopic (exact) mass is 399 g/mol. The first-order valence-electron chi connectivity index (χ1n) is 8.49. The minimum Gasteiger partial charge on any atom is -0.333 e. The molecule has 0 spiro atoms. The van der Waals surface area contributed by atoms with Crippen molar-refractivity contribution < 1.29 is 9.72 Å². The standard InChI is InChI=1S/C19H18ClN5O3/c1-12(14-6-4-7-15(20)10-14)23(3)19(26)18-13(2)24(22-21-18)16-8-5-9-17(11-16)25(27)28/h4-12H,1-3H3. The number of halogens is 1. The van der Waals surface area contributed by atoms with Gasteiger partial charge in [-0.3, -0.25) is 14.9 Å². The van der Waals surface area contributed by atoms with E-state index in [9.17, 15) is 14.9 Å². The van der Waals surface area contributed by atoms with E-state index in [1.165, 1.54) is 16.8 Å². The average molecular weight is 400 g/mol. The summed E-state index contributed by atoms with van der Waals surface area (Å²) in [5.41, 5.74) is 1.97. The van der Waals surface area contributed by atoms with Crippen molar-refractivity contribution in [1.29, 1.82) is 0 Å². The number of nitro groups is 1. The third-order valence-electron chi connectivity index (χ3n) is 4.61. The van der Waals surface area contributed by atoms with Gasteiger partial charge in [0.1, 0.15) is 0 Å². The highest BCUT2D eigenvalue weighted by Gasteiger charge is 2.25. The van der Waals surface area contributed by atoms with Gasteiger partial charge in [-0.05, 0) is 37.6 Å². The zero-order valence-corrected chi connectivity index (χ0v) is 16.3. The van der Waals surface area contributed by atoms with Crippen LogP contribution in [0.4, 0.5) is 5.69 Å². The van der Waals surface area contributed by atoms with Gasteiger partial charge in [-0.1, -0.05) is 35.0 Å². The summed E-state index contributed by atoms with van der Waals surface area (Å²) in [4.78, 5) is 25.0. The molecule has 0 radical (unpaired) electrons. The molecule has 1 aromatic heterocycles. The minimum atomic E-state index is -0.484. The fourth-order valence-electron chi connectivity index (χ4n) is 2.84. The molecule has 1 unspecified atom stereocenters. The zero-order valence-electron chi connectivity index (χ0n) is 15.5. The van der Waals surface area contributed by atoms with Gasteiger partial charge in [0.05, 0.1) is 22.3 Å². The van der Waals surface area contributed by atoms with Crippen LogP contribution >= 0.6 is 11.6 Å². The van der Waals surface area contributed by atoms with Crippen molar-refractivity contribution >= 4 is 23.2 Å². The molecule has 144 valence electrons. The quantitative estimate of drug-likeness (QED) is 0.478. The van der Waals surface area contributed by atoms with E-state index in [2.05, 4.69) is 10.3 Å². The molecule has 2 aromatic carbocycles. The first kappa shape index (κ1) is 19.5. The number of aromatic nitrogens is 3. The SMILES string of the molecule is Cc1c(C(=O)N(C)C(C)c2cccc(Cl)c2)nnn1-c1cccc([N+](=O)[O-])c1. The minimum absolute atomic E-state index is 0.0630. The summed E-state index contributed by atoms with van der Waals surface area (Å²) in [5, 5.41) is 19.6. The molecule has 0 aliphatic rings. The second-order valence-electron chi connectivity index (χ2n) is 6.36. The number of carbonyl (C=O) groups is 1. The van der Waals surface area contributed by atoms with E-state index in [1.807, 2.05) is 25.1 Å². The van der Waals surface area contributed by atoms with Crippen LogP contribution in [0.15, 0.2) is 48.5 Å². The number of rotatable bonds is 5. The molecular weight excluding hydrogens is 382 g/mol. The maximum Gasteiger partial charge on any atom is 0.276 e. The Morgan fingerprint density at radius 3 is 2.64 bits per heavy atom. The number of nitrogens with zero attached hydrogens (tertiary/aromatic N) is 5. The third-order valence-corrected chi connectivity index (χ3v) is 4.85. The Hall–Kier alpha value is -3.26. The first-order valence-corrected chi connectivity index (χ1v) is 8.87. The molecule has 1 amide bonds. The molecule has 0 saturated carbocycles. The Labute approximate surface area is 166 Å². The number of non-ortho nitro benzene ring substituents is 1. The molecule has 0 aliphatic carbocycles. The molecule has 8 nitrogen and oxygen atoms in total. The Kier molecular flexibility index (Phi) is 5.41. The molecule has 1 atom stereocenters. The van der Waals surface area contributed by atoms with Crippen LogP contribution in [0, 0.1) is 17.0 Å². The molecule has 0 aliphatic heterocycles. The van der Waals surface area contributed by atoms with Crippen LogP contribution in [0.3, 0.4) is 0 Å². The number of benzene rings is 2. The van der Waals surface area contributed by atoms with Gasteiger partial charge >= 0.3 is 0 Å². The highest BCUT2D eigenvalue weighted by molar-refractivity contribution is 6.30. The number of hydrogen-bond donors (Lipinski definition) is 0. The summed E-state index contributed by atoms with van der Waals surface area (Å²) in [6, 6.07) is 13.1. The molecule has 1 heterocycles. The van der Waals surface area contributed by atoms with Gasteiger partial charge in [-0.15, -0.1) is 5.10 Å². The third kappa shape index (κ3) is 3.72. The Morgan fingerprint density at radius 1 is 1.25 bits per heavy atom. The second-order valence-corrected chi connectivity index (χ2v) is 6.80. The van der Waals surface area contributed by atoms with Crippen molar-refractivity contribution in [3.8, 4) is 5.69 Å². The van der Waals surface area contributed by atoms with Crippen molar-refractivity contribution in [2.24, 2.45) is 0 Å². The number of carbonyl (C=O) groups excluding carboxylic acids is 1. The fourth-order valence-corrected chi connectivity index (χ4v) is 3.04. The van der Waals surface area contributed by atoms with E-state index in [1.54, 1.807) is 37.1 Å². The summed E-state index contributed by atoms with van der Waals surface area (Å²) >= 11 is 6.04. The number of nitro benzene ring substituents is 1. The molecule has 9 heteroatoms. The van der Waals surface area contributed by atoms with E-state index in [-0.39, 0.29) is 23.3 Å². The fraction of sp³-hybridized carbons (Fsp3) is 0.211. The smallest absolute Gasteiger partial charge is 0.276 e. The highest BCUT2D eigenvalue weighted by Crippen LogP contribution is 2.24. The Balaban J connectivity index is 1.89. The zero-order chi connectivity index (χ0) is 20.4. The normalized spacial score (nSPS) is 11.9. The van der Waals surface area contributed by atoms with E-state index in [0.717, 1.165) is 5.56 Å². The van der Waals surface area contributed by atoms with Crippen LogP contribution in [0.25, 0.3) is 5.69 Å². The predicted molar refractivity (Wildman–Crippen MR) is 105 cm³/mol. The largest absolute Gasteiger partial charge is 0.333 e. The van der Waals surface area contributed by atoms with Crippen molar-refractivity contribution in [2.75, 3.05) is 7.05 Å². The summed E-state index contributed by atoms with van der Waals surface area (Å²) in [6.07, 6.45) is 0. The van der Waals surface area contributed by atoms with Gasteiger partial charge in [-0.25, -0.2) is 4.68 Å². The summed E-state index contributed by atoms with van der Waals surface area (Å²) in [5.74, 6) is -0.304. The van der Waals surface area contributed by atoms with E-state index < -0.39 is 4.92 Å². The van der Waals surface area contributed by atoms with Gasteiger partial charge in [0.15, 0.2) is 5.69 Å². The van der Waals surface area contributed by atoms with Crippen LogP contribution < -0.4 is 0 Å². The lowest BCUT2D eigenvalue weighted by atomic mass is 10.1. The first-order chi connectivity index (χ1) is 13.3. The molecule has 3 rings (SSSR count). The van der Waals surface area contributed by atoms with Crippen LogP contribution in [0.1, 0.15) is 34.7 Å². The molecule has 28 heavy (non-hydrogen) atoms. The van der Waals surface area contributed by atoms with E-state index >= 15 is 0 Å². The molecule has 0 bridgehead atoms. The van der Waals surface area contributed by atoms with Crippen LogP contribution in [0.5, 0.6) is 0 Å². The van der Waals surface area contributed by atoms with Gasteiger partial charge in [-0.2, -0.15) is 0 Å². The summed E-state index contributed by atoms with van der Waals surface area (Å²) in [7, 11) is 1.68. The number of hydrogen-bond acceptors (Lipinski definition) is 5. The molecule has 3 aromatic rings. The van der Waals surface area contributed by atoms with E-state index in [0.29, 0.717) is 16.4 Å². The average Bonchev–Trinajstić information content (AvgIpc) is 3.07. The molecular formula is C19H18ClN5O3. The molecule has 0 saturated heterocycles. The van der Waals surface area contributed by atoms with Crippen LogP contribution in [-0.2, 0) is 0 Å². The highest BCUT2D eigenvalue weighted by atomic mass is 35.5. The van der Waals surface area contributed by atoms with Crippen molar-refractivity contribution in [3.63, 3.8) is 0 Å². The maximum absolute atomic E-state index is 13.0. The van der Waals surface area contributed by atoms with Gasteiger partial charge < -0.3 is 4.90 Å². The molecule has 0 N–H and O–H groups in total. The Morgan fingerprint density at radius 2 is 1.96 bits per heavy atom. The van der Waals surface area contributed by atoms with Crippen LogP contribution in [0.2, 0.25) is 5.02 Å². The second kappa shape index (κ2) is 7.77. The van der Waals surface area contributed by atoms with Gasteiger partial charge in [0.2, 0.25) is 0 Å². The lowest BCUT2D eigenvalue weighted by Crippen LogP contribution is -2.30. The summed E-state index contributed by atoms with van der Waals surface area (Å²) < 4.78 is 1.41. The lowest BCUT2D eigenvalue weighted by molar-refractivity contribution is -0.384. The number of amides is 1. The Bertz CT molecular complexity index is 1050. The maximum atomic E-state index is 13.0. The molecule has 0 fully saturated rings. The summed E-state index contributed by atoms with van der Waals surface area (Å²) in [6.45, 7) is 3.59. The van der Waals surface area contributed by atoms with Gasteiger partial charge in [0, 0.05) is 24.2 Å². The van der Waals surface area contributed by atoms with Crippen molar-refractivity contribution in [1.82, 2.24) is 19.9 Å². The van der Waals surface area contributed by atoms with Crippen molar-refractivity contribution in [3.05, 3.63) is 80.6 Å². The van der Waals surface area contributed by atoms with Crippen LogP contribution in [-0.4, -0.2) is 37.8 Å². The topological polar surface area (TPSA) is 94.2 Å².